The van der Waals surface area contributed by atoms with Gasteiger partial charge in [0.2, 0.25) is 11.8 Å². The van der Waals surface area contributed by atoms with E-state index in [-0.39, 0.29) is 36.9 Å². The monoisotopic (exact) mass is 528 g/mol. The van der Waals surface area contributed by atoms with Crippen LogP contribution >= 0.6 is 0 Å². The predicted octanol–water partition coefficient (Wildman–Crippen LogP) is 4.09. The summed E-state index contributed by atoms with van der Waals surface area (Å²) in [4.78, 5) is 22.0. The van der Waals surface area contributed by atoms with E-state index in [1.165, 1.54) is 12.1 Å². The van der Waals surface area contributed by atoms with E-state index in [0.29, 0.717) is 48.5 Å². The fourth-order valence-corrected chi connectivity index (χ4v) is 4.71. The van der Waals surface area contributed by atoms with Crippen molar-refractivity contribution in [3.8, 4) is 11.5 Å². The average Bonchev–Trinajstić information content (AvgIpc) is 3.58. The number of nitrogens with zero attached hydrogens (tertiary/aromatic N) is 6. The third kappa shape index (κ3) is 5.41. The SMILES string of the molecule is CC(CO)N1CCC(C(=O)N(Cc2cn3ccc(-c4nnc(C(F)F)o4)cc3n2)c2cccc(F)c2)CC1. The Morgan fingerprint density at radius 3 is 2.68 bits per heavy atom. The molecule has 1 aliphatic rings. The zero-order valence-electron chi connectivity index (χ0n) is 20.7. The number of fused-ring (bicyclic) bond motifs is 1. The first kappa shape index (κ1) is 25.9. The lowest BCUT2D eigenvalue weighted by Crippen LogP contribution is -2.46. The van der Waals surface area contributed by atoms with Crippen molar-refractivity contribution in [1.29, 1.82) is 0 Å². The van der Waals surface area contributed by atoms with Crippen LogP contribution in [0.2, 0.25) is 0 Å². The number of rotatable bonds is 8. The van der Waals surface area contributed by atoms with Crippen LogP contribution in [0.1, 0.15) is 37.8 Å². The number of alkyl halides is 2. The molecule has 0 saturated carbocycles. The number of likely N-dealkylation sites (tertiary alicyclic amines) is 1. The van der Waals surface area contributed by atoms with Crippen molar-refractivity contribution in [3.05, 3.63) is 66.2 Å². The standard InChI is InChI=1S/C26H27F3N6O3/c1-16(15-36)33-8-5-17(6-9-33)26(37)35(21-4-2-3-19(27)12-21)14-20-13-34-10-7-18(11-22(34)30-20)24-31-32-25(38-24)23(28)29/h2-4,7,10-13,16-17,23,36H,5-6,8-9,14-15H2,1H3. The summed E-state index contributed by atoms with van der Waals surface area (Å²) in [5, 5.41) is 16.5. The van der Waals surface area contributed by atoms with E-state index in [1.807, 2.05) is 6.92 Å². The van der Waals surface area contributed by atoms with Crippen molar-refractivity contribution in [1.82, 2.24) is 24.5 Å². The normalized spacial score (nSPS) is 15.8. The van der Waals surface area contributed by atoms with Crippen LogP contribution in [0, 0.1) is 11.7 Å². The molecule has 1 fully saturated rings. The van der Waals surface area contributed by atoms with Crippen LogP contribution in [-0.4, -0.2) is 61.2 Å². The molecular weight excluding hydrogens is 501 g/mol. The largest absolute Gasteiger partial charge is 0.415 e. The molecule has 4 aromatic rings. The smallest absolute Gasteiger partial charge is 0.314 e. The summed E-state index contributed by atoms with van der Waals surface area (Å²) in [6, 6.07) is 9.19. The Hall–Kier alpha value is -3.77. The summed E-state index contributed by atoms with van der Waals surface area (Å²) in [5.41, 5.74) is 1.91. The molecule has 1 N–H and O–H groups in total. The minimum atomic E-state index is -2.87. The topological polar surface area (TPSA) is 100 Å². The van der Waals surface area contributed by atoms with E-state index >= 15 is 0 Å². The first-order valence-electron chi connectivity index (χ1n) is 12.3. The Morgan fingerprint density at radius 2 is 2.00 bits per heavy atom. The summed E-state index contributed by atoms with van der Waals surface area (Å²) < 4.78 is 46.5. The van der Waals surface area contributed by atoms with Crippen LogP contribution in [0.5, 0.6) is 0 Å². The molecule has 1 unspecified atom stereocenters. The Labute approximate surface area is 216 Å². The number of aromatic nitrogens is 4. The number of benzene rings is 1. The van der Waals surface area contributed by atoms with Gasteiger partial charge >= 0.3 is 6.43 Å². The summed E-state index contributed by atoms with van der Waals surface area (Å²) in [5.74, 6) is -1.62. The molecular formula is C26H27F3N6O3. The highest BCUT2D eigenvalue weighted by Crippen LogP contribution is 2.28. The third-order valence-electron chi connectivity index (χ3n) is 6.86. The molecule has 0 spiro atoms. The molecule has 0 radical (unpaired) electrons. The molecule has 5 rings (SSSR count). The number of carbonyl (C=O) groups excluding carboxylic acids is 1. The zero-order chi connectivity index (χ0) is 26.8. The van der Waals surface area contributed by atoms with E-state index in [1.54, 1.807) is 46.0 Å². The van der Waals surface area contributed by atoms with E-state index in [2.05, 4.69) is 20.1 Å². The lowest BCUT2D eigenvalue weighted by atomic mass is 9.94. The number of aliphatic hydroxyl groups excluding tert-OH is 1. The van der Waals surface area contributed by atoms with Crippen molar-refractivity contribution in [3.63, 3.8) is 0 Å². The second-order valence-electron chi connectivity index (χ2n) is 9.41. The van der Waals surface area contributed by atoms with Crippen LogP contribution in [-0.2, 0) is 11.3 Å². The summed E-state index contributed by atoms with van der Waals surface area (Å²) >= 11 is 0. The van der Waals surface area contributed by atoms with Gasteiger partial charge in [0.25, 0.3) is 5.89 Å². The van der Waals surface area contributed by atoms with Crippen molar-refractivity contribution < 1.29 is 27.5 Å². The molecule has 12 heteroatoms. The number of hydrogen-bond donors (Lipinski definition) is 1. The molecule has 38 heavy (non-hydrogen) atoms. The maximum absolute atomic E-state index is 14.1. The van der Waals surface area contributed by atoms with Gasteiger partial charge in [0, 0.05) is 35.6 Å². The van der Waals surface area contributed by atoms with Crippen molar-refractivity contribution in [2.75, 3.05) is 24.6 Å². The summed E-state index contributed by atoms with van der Waals surface area (Å²) in [7, 11) is 0. The fraction of sp³-hybridized carbons (Fsp3) is 0.385. The quantitative estimate of drug-likeness (QED) is 0.368. The van der Waals surface area contributed by atoms with Gasteiger partial charge in [-0.15, -0.1) is 10.2 Å². The highest BCUT2D eigenvalue weighted by atomic mass is 19.3. The molecule has 200 valence electrons. The maximum atomic E-state index is 14.1. The second-order valence-corrected chi connectivity index (χ2v) is 9.41. The predicted molar refractivity (Wildman–Crippen MR) is 132 cm³/mol. The fourth-order valence-electron chi connectivity index (χ4n) is 4.71. The Balaban J connectivity index is 1.39. The van der Waals surface area contributed by atoms with E-state index in [9.17, 15) is 23.1 Å². The Bertz CT molecular complexity index is 1420. The first-order valence-corrected chi connectivity index (χ1v) is 12.3. The molecule has 0 aliphatic carbocycles. The molecule has 1 amide bonds. The van der Waals surface area contributed by atoms with Crippen molar-refractivity contribution in [2.24, 2.45) is 5.92 Å². The van der Waals surface area contributed by atoms with Crippen LogP contribution in [0.15, 0.2) is 53.2 Å². The number of carbonyl (C=O) groups is 1. The average molecular weight is 529 g/mol. The number of pyridine rings is 1. The van der Waals surface area contributed by atoms with Crippen molar-refractivity contribution in [2.45, 2.75) is 38.8 Å². The number of amides is 1. The van der Waals surface area contributed by atoms with Crippen molar-refractivity contribution >= 4 is 17.2 Å². The lowest BCUT2D eigenvalue weighted by molar-refractivity contribution is -0.124. The lowest BCUT2D eigenvalue weighted by Gasteiger charge is -2.36. The molecule has 1 aromatic carbocycles. The van der Waals surface area contributed by atoms with E-state index in [4.69, 9.17) is 4.42 Å². The summed E-state index contributed by atoms with van der Waals surface area (Å²) in [6.45, 7) is 3.50. The van der Waals surface area contributed by atoms with Gasteiger partial charge in [-0.05, 0) is 63.2 Å². The zero-order valence-corrected chi connectivity index (χ0v) is 20.7. The Morgan fingerprint density at radius 1 is 1.21 bits per heavy atom. The van der Waals surface area contributed by atoms with E-state index in [0.717, 1.165) is 0 Å². The van der Waals surface area contributed by atoms with Crippen LogP contribution in [0.4, 0.5) is 18.9 Å². The minimum Gasteiger partial charge on any atom is -0.415 e. The maximum Gasteiger partial charge on any atom is 0.314 e. The number of imidazole rings is 1. The van der Waals surface area contributed by atoms with Crippen LogP contribution in [0.3, 0.4) is 0 Å². The number of piperidine rings is 1. The van der Waals surface area contributed by atoms with Gasteiger partial charge < -0.3 is 18.8 Å². The Kier molecular flexibility index (Phi) is 7.43. The van der Waals surface area contributed by atoms with Gasteiger partial charge in [0.05, 0.1) is 18.8 Å². The first-order chi connectivity index (χ1) is 18.3. The number of hydrogen-bond acceptors (Lipinski definition) is 7. The highest BCUT2D eigenvalue weighted by Gasteiger charge is 2.31. The molecule has 4 heterocycles. The molecule has 9 nitrogen and oxygen atoms in total. The molecule has 1 atom stereocenters. The number of anilines is 1. The van der Waals surface area contributed by atoms with Gasteiger partial charge in [0.15, 0.2) is 0 Å². The molecule has 0 bridgehead atoms. The number of halogens is 3. The van der Waals surface area contributed by atoms with Crippen LogP contribution in [0.25, 0.3) is 17.1 Å². The van der Waals surface area contributed by atoms with Gasteiger partial charge in [-0.25, -0.2) is 9.37 Å². The van der Waals surface area contributed by atoms with Gasteiger partial charge in [-0.3, -0.25) is 9.69 Å². The van der Waals surface area contributed by atoms with E-state index < -0.39 is 18.1 Å². The summed E-state index contributed by atoms with van der Waals surface area (Å²) in [6.07, 6.45) is 1.83. The van der Waals surface area contributed by atoms with Gasteiger partial charge in [0.1, 0.15) is 11.5 Å². The number of aliphatic hydroxyl groups is 1. The van der Waals surface area contributed by atoms with Gasteiger partial charge in [-0.1, -0.05) is 6.07 Å². The molecule has 1 saturated heterocycles. The van der Waals surface area contributed by atoms with Crippen LogP contribution < -0.4 is 4.90 Å². The molecule has 3 aromatic heterocycles. The highest BCUT2D eigenvalue weighted by molar-refractivity contribution is 5.95. The van der Waals surface area contributed by atoms with Gasteiger partial charge in [-0.2, -0.15) is 8.78 Å². The molecule has 1 aliphatic heterocycles. The second kappa shape index (κ2) is 10.9. The minimum absolute atomic E-state index is 0.0300. The third-order valence-corrected chi connectivity index (χ3v) is 6.86.